The highest BCUT2D eigenvalue weighted by Gasteiger charge is 2.23. The third-order valence-electron chi connectivity index (χ3n) is 3.69. The Balaban J connectivity index is 0.00000242. The first kappa shape index (κ1) is 19.7. The van der Waals surface area contributed by atoms with Gasteiger partial charge in [-0.05, 0) is 24.6 Å². The largest absolute Gasteiger partial charge is 0.314 e. The van der Waals surface area contributed by atoms with Crippen LogP contribution in [0.1, 0.15) is 18.5 Å². The number of sulfonamides is 1. The maximum atomic E-state index is 11.5. The summed E-state index contributed by atoms with van der Waals surface area (Å²) in [4.78, 5) is 2.29. The minimum Gasteiger partial charge on any atom is -0.314 e. The van der Waals surface area contributed by atoms with Crippen molar-refractivity contribution in [2.24, 2.45) is 0 Å². The highest BCUT2D eigenvalue weighted by Crippen LogP contribution is 2.24. The van der Waals surface area contributed by atoms with Crippen molar-refractivity contribution >= 4 is 34.0 Å². The van der Waals surface area contributed by atoms with Gasteiger partial charge in [0.1, 0.15) is 0 Å². The number of piperazine rings is 1. The van der Waals surface area contributed by atoms with Crippen LogP contribution in [0.3, 0.4) is 0 Å². The van der Waals surface area contributed by atoms with Crippen molar-refractivity contribution < 1.29 is 8.42 Å². The molecule has 0 aromatic heterocycles. The van der Waals surface area contributed by atoms with Crippen molar-refractivity contribution in [1.29, 1.82) is 0 Å². The number of benzene rings is 1. The van der Waals surface area contributed by atoms with E-state index in [9.17, 15) is 8.42 Å². The molecule has 8 heteroatoms. The van der Waals surface area contributed by atoms with Crippen molar-refractivity contribution in [2.45, 2.75) is 13.0 Å². The maximum absolute atomic E-state index is 11.5. The van der Waals surface area contributed by atoms with Crippen molar-refractivity contribution in [3.63, 3.8) is 0 Å². The Morgan fingerprint density at radius 1 is 1.45 bits per heavy atom. The summed E-state index contributed by atoms with van der Waals surface area (Å²) in [7, 11) is -3.12. The molecule has 1 saturated heterocycles. The molecule has 2 N–H and O–H groups in total. The Hall–Kier alpha value is -0.370. The number of halogens is 2. The molecule has 2 rings (SSSR count). The number of hydrogen-bond acceptors (Lipinski definition) is 4. The summed E-state index contributed by atoms with van der Waals surface area (Å²) in [5, 5.41) is 4.10. The molecule has 0 aliphatic carbocycles. The first-order valence-electron chi connectivity index (χ1n) is 7.19. The van der Waals surface area contributed by atoms with Crippen LogP contribution in [-0.4, -0.2) is 51.8 Å². The topological polar surface area (TPSA) is 61.4 Å². The van der Waals surface area contributed by atoms with Gasteiger partial charge in [0.05, 0.1) is 5.75 Å². The van der Waals surface area contributed by atoms with Gasteiger partial charge in [0.25, 0.3) is 0 Å². The van der Waals surface area contributed by atoms with E-state index in [1.165, 1.54) is 0 Å². The molecular weight excluding hydrogens is 345 g/mol. The fourth-order valence-electron chi connectivity index (χ4n) is 2.50. The van der Waals surface area contributed by atoms with Crippen LogP contribution < -0.4 is 10.0 Å². The SMILES string of the molecule is CCS(=O)(=O)NCCN1CCNCC1c1cccc(Cl)c1.Cl. The van der Waals surface area contributed by atoms with Gasteiger partial charge >= 0.3 is 0 Å². The fourth-order valence-corrected chi connectivity index (χ4v) is 3.31. The third kappa shape index (κ3) is 5.68. The van der Waals surface area contributed by atoms with E-state index in [0.29, 0.717) is 13.1 Å². The molecule has 22 heavy (non-hydrogen) atoms. The Kier molecular flexibility index (Phi) is 8.10. The maximum Gasteiger partial charge on any atom is 0.211 e. The van der Waals surface area contributed by atoms with E-state index in [-0.39, 0.29) is 24.2 Å². The molecule has 0 radical (unpaired) electrons. The second kappa shape index (κ2) is 9.05. The molecule has 0 saturated carbocycles. The third-order valence-corrected chi connectivity index (χ3v) is 5.33. The Bertz CT molecular complexity index is 569. The molecule has 0 spiro atoms. The van der Waals surface area contributed by atoms with Crippen LogP contribution in [0.15, 0.2) is 24.3 Å². The summed E-state index contributed by atoms with van der Waals surface area (Å²) >= 11 is 6.06. The lowest BCUT2D eigenvalue weighted by Crippen LogP contribution is -2.48. The van der Waals surface area contributed by atoms with E-state index in [0.717, 1.165) is 30.2 Å². The van der Waals surface area contributed by atoms with Crippen molar-refractivity contribution in [3.05, 3.63) is 34.9 Å². The predicted octanol–water partition coefficient (Wildman–Crippen LogP) is 1.65. The highest BCUT2D eigenvalue weighted by molar-refractivity contribution is 7.89. The Labute approximate surface area is 143 Å². The van der Waals surface area contributed by atoms with E-state index >= 15 is 0 Å². The molecule has 1 aliphatic heterocycles. The standard InChI is InChI=1S/C14H22ClN3O2S.ClH/c1-2-21(19,20)17-7-9-18-8-6-16-11-14(18)12-4-3-5-13(15)10-12;/h3-5,10,14,16-17H,2,6-9,11H2,1H3;1H. The van der Waals surface area contributed by atoms with Crippen molar-refractivity contribution in [1.82, 2.24) is 14.9 Å². The molecule has 1 aromatic carbocycles. The lowest BCUT2D eigenvalue weighted by Gasteiger charge is -2.36. The van der Waals surface area contributed by atoms with Crippen LogP contribution in [0, 0.1) is 0 Å². The van der Waals surface area contributed by atoms with Crippen LogP contribution in [0.5, 0.6) is 0 Å². The monoisotopic (exact) mass is 367 g/mol. The lowest BCUT2D eigenvalue weighted by molar-refractivity contribution is 0.165. The van der Waals surface area contributed by atoms with Crippen LogP contribution in [0.4, 0.5) is 0 Å². The molecular formula is C14H23Cl2N3O2S. The zero-order valence-corrected chi connectivity index (χ0v) is 15.0. The molecule has 5 nitrogen and oxygen atoms in total. The average molecular weight is 368 g/mol. The van der Waals surface area contributed by atoms with Gasteiger partial charge in [-0.15, -0.1) is 12.4 Å². The molecule has 1 fully saturated rings. The quantitative estimate of drug-likeness (QED) is 0.802. The van der Waals surface area contributed by atoms with Crippen LogP contribution in [0.25, 0.3) is 0 Å². The molecule has 1 aliphatic rings. The number of rotatable bonds is 6. The highest BCUT2D eigenvalue weighted by atomic mass is 35.5. The van der Waals surface area contributed by atoms with Crippen LogP contribution in [-0.2, 0) is 10.0 Å². The van der Waals surface area contributed by atoms with Crippen LogP contribution in [0.2, 0.25) is 5.02 Å². The molecule has 1 unspecified atom stereocenters. The lowest BCUT2D eigenvalue weighted by atomic mass is 10.0. The minimum atomic E-state index is -3.12. The van der Waals surface area contributed by atoms with Crippen molar-refractivity contribution in [3.8, 4) is 0 Å². The summed E-state index contributed by atoms with van der Waals surface area (Å²) in [6.45, 7) is 5.43. The summed E-state index contributed by atoms with van der Waals surface area (Å²) in [6, 6.07) is 8.07. The van der Waals surface area contributed by atoms with Gasteiger partial charge in [0, 0.05) is 43.8 Å². The second-order valence-corrected chi connectivity index (χ2v) is 7.64. The summed E-state index contributed by atoms with van der Waals surface area (Å²) < 4.78 is 25.6. The zero-order chi connectivity index (χ0) is 15.3. The molecule has 0 amide bonds. The van der Waals surface area contributed by atoms with Crippen LogP contribution >= 0.6 is 24.0 Å². The van der Waals surface area contributed by atoms with Crippen molar-refractivity contribution in [2.75, 3.05) is 38.5 Å². The smallest absolute Gasteiger partial charge is 0.211 e. The first-order valence-corrected chi connectivity index (χ1v) is 9.22. The average Bonchev–Trinajstić information content (AvgIpc) is 2.47. The summed E-state index contributed by atoms with van der Waals surface area (Å²) in [5.74, 6) is 0.117. The van der Waals surface area contributed by atoms with Gasteiger partial charge in [-0.2, -0.15) is 0 Å². The van der Waals surface area contributed by atoms with E-state index in [1.54, 1.807) is 6.92 Å². The summed E-state index contributed by atoms with van der Waals surface area (Å²) in [6.07, 6.45) is 0. The molecule has 126 valence electrons. The van der Waals surface area contributed by atoms with Gasteiger partial charge in [-0.25, -0.2) is 13.1 Å². The Morgan fingerprint density at radius 2 is 2.23 bits per heavy atom. The summed E-state index contributed by atoms with van der Waals surface area (Å²) in [5.41, 5.74) is 1.16. The van der Waals surface area contributed by atoms with E-state index in [4.69, 9.17) is 11.6 Å². The minimum absolute atomic E-state index is 0. The van der Waals surface area contributed by atoms with Gasteiger partial charge in [0.2, 0.25) is 10.0 Å². The van der Waals surface area contributed by atoms with Gasteiger partial charge in [0.15, 0.2) is 0 Å². The second-order valence-electron chi connectivity index (χ2n) is 5.11. The number of nitrogens with one attached hydrogen (secondary N) is 2. The fraction of sp³-hybridized carbons (Fsp3) is 0.571. The van der Waals surface area contributed by atoms with E-state index in [1.807, 2.05) is 18.2 Å². The normalized spacial score (nSPS) is 19.6. The number of hydrogen-bond donors (Lipinski definition) is 2. The molecule has 1 atom stereocenters. The predicted molar refractivity (Wildman–Crippen MR) is 93.3 cm³/mol. The van der Waals surface area contributed by atoms with Gasteiger partial charge < -0.3 is 5.32 Å². The van der Waals surface area contributed by atoms with E-state index in [2.05, 4.69) is 21.0 Å². The van der Waals surface area contributed by atoms with E-state index < -0.39 is 10.0 Å². The number of nitrogens with zero attached hydrogens (tertiary/aromatic N) is 1. The Morgan fingerprint density at radius 3 is 2.91 bits per heavy atom. The molecule has 1 aromatic rings. The molecule has 1 heterocycles. The zero-order valence-electron chi connectivity index (χ0n) is 12.6. The van der Waals surface area contributed by atoms with Gasteiger partial charge in [-0.1, -0.05) is 23.7 Å². The first-order chi connectivity index (χ1) is 10.0. The van der Waals surface area contributed by atoms with Gasteiger partial charge in [-0.3, -0.25) is 4.90 Å². The molecule has 0 bridgehead atoms.